The Morgan fingerprint density at radius 1 is 1.09 bits per heavy atom. The maximum absolute atomic E-state index is 13.2. The molecule has 0 spiro atoms. The van der Waals surface area contributed by atoms with E-state index in [1.807, 2.05) is 25.1 Å². The van der Waals surface area contributed by atoms with Crippen LogP contribution in [0.4, 0.5) is 15.8 Å². The molecule has 1 fully saturated rings. The molecule has 3 aromatic rings. The van der Waals surface area contributed by atoms with Gasteiger partial charge in [0.25, 0.3) is 5.91 Å². The van der Waals surface area contributed by atoms with E-state index in [0.717, 1.165) is 24.3 Å². The zero-order valence-corrected chi connectivity index (χ0v) is 20.6. The summed E-state index contributed by atoms with van der Waals surface area (Å²) in [4.78, 5) is 27.7. The molecule has 0 unspecified atom stereocenters. The molecule has 1 aliphatic heterocycles. The van der Waals surface area contributed by atoms with Crippen molar-refractivity contribution in [2.45, 2.75) is 6.92 Å². The Hall–Kier alpha value is -3.07. The van der Waals surface area contributed by atoms with Crippen LogP contribution in [0.3, 0.4) is 0 Å². The predicted octanol–water partition coefficient (Wildman–Crippen LogP) is 4.60. The third kappa shape index (κ3) is 6.33. The fourth-order valence-corrected chi connectivity index (χ4v) is 5.00. The molecule has 4 rings (SSSR count). The zero-order chi connectivity index (χ0) is 24.9. The highest BCUT2D eigenvalue weighted by Crippen LogP contribution is 2.27. The summed E-state index contributed by atoms with van der Waals surface area (Å²) in [6.45, 7) is 3.07. The van der Waals surface area contributed by atoms with Gasteiger partial charge in [-0.15, -0.1) is 0 Å². The molecule has 3 aromatic carbocycles. The van der Waals surface area contributed by atoms with Crippen LogP contribution in [0.15, 0.2) is 60.7 Å². The lowest BCUT2D eigenvalue weighted by Gasteiger charge is -2.30. The SMILES string of the molecule is Cc1cc(N2CC[S+]([O-])CC2)ccc1NC(=O)COc1ccc(Cl)cc1C(=O)c1ccc(F)cc1. The molecule has 0 saturated carbocycles. The molecule has 9 heteroatoms. The summed E-state index contributed by atoms with van der Waals surface area (Å²) in [5.74, 6) is 0.293. The maximum Gasteiger partial charge on any atom is 0.262 e. The van der Waals surface area contributed by atoms with Crippen molar-refractivity contribution in [3.63, 3.8) is 0 Å². The van der Waals surface area contributed by atoms with Crippen LogP contribution in [0.1, 0.15) is 21.5 Å². The van der Waals surface area contributed by atoms with Crippen LogP contribution in [-0.4, -0.2) is 47.4 Å². The van der Waals surface area contributed by atoms with E-state index >= 15 is 0 Å². The largest absolute Gasteiger partial charge is 0.616 e. The van der Waals surface area contributed by atoms with E-state index in [1.54, 1.807) is 6.07 Å². The minimum Gasteiger partial charge on any atom is -0.616 e. The third-order valence-corrected chi connectivity index (χ3v) is 7.19. The second kappa shape index (κ2) is 11.1. The molecule has 0 atom stereocenters. The number of ether oxygens (including phenoxy) is 1. The molecule has 0 aromatic heterocycles. The minimum atomic E-state index is -0.745. The number of amides is 1. The lowest BCUT2D eigenvalue weighted by Crippen LogP contribution is -2.40. The number of aryl methyl sites for hydroxylation is 1. The standard InChI is InChI=1S/C26H24ClFN2O4S/c1-17-14-21(30-10-12-35(33)13-11-30)7-8-23(17)29-25(31)16-34-24-9-4-19(27)15-22(24)26(32)18-2-5-20(28)6-3-18/h2-9,14-15H,10-13,16H2,1H3,(H,29,31). The van der Waals surface area contributed by atoms with Gasteiger partial charge in [-0.3, -0.25) is 9.59 Å². The first-order valence-corrected chi connectivity index (χ1v) is 12.9. The number of carbonyl (C=O) groups is 2. The molecular weight excluding hydrogens is 491 g/mol. The van der Waals surface area contributed by atoms with Gasteiger partial charge in [0, 0.05) is 22.0 Å². The van der Waals surface area contributed by atoms with Gasteiger partial charge < -0.3 is 19.5 Å². The van der Waals surface area contributed by atoms with E-state index in [1.165, 1.54) is 36.4 Å². The highest BCUT2D eigenvalue weighted by molar-refractivity contribution is 7.91. The third-order valence-electron chi connectivity index (χ3n) is 5.68. The highest BCUT2D eigenvalue weighted by atomic mass is 35.5. The lowest BCUT2D eigenvalue weighted by atomic mass is 10.0. The summed E-state index contributed by atoms with van der Waals surface area (Å²) in [6, 6.07) is 15.5. The molecule has 6 nitrogen and oxygen atoms in total. The van der Waals surface area contributed by atoms with Crippen LogP contribution in [-0.2, 0) is 16.0 Å². The molecule has 1 amide bonds. The summed E-state index contributed by atoms with van der Waals surface area (Å²) in [5, 5.41) is 3.17. The van der Waals surface area contributed by atoms with Crippen LogP contribution in [0.2, 0.25) is 5.02 Å². The number of nitrogens with one attached hydrogen (secondary N) is 1. The molecule has 1 N–H and O–H groups in total. The summed E-state index contributed by atoms with van der Waals surface area (Å²) < 4.78 is 30.5. The van der Waals surface area contributed by atoms with Crippen molar-refractivity contribution in [2.75, 3.05) is 41.4 Å². The fraction of sp³-hybridized carbons (Fsp3) is 0.231. The van der Waals surface area contributed by atoms with Gasteiger partial charge in [0.1, 0.15) is 23.1 Å². The van der Waals surface area contributed by atoms with E-state index in [2.05, 4.69) is 10.2 Å². The van der Waals surface area contributed by atoms with E-state index in [9.17, 15) is 18.5 Å². The van der Waals surface area contributed by atoms with Crippen LogP contribution < -0.4 is 15.0 Å². The van der Waals surface area contributed by atoms with Gasteiger partial charge in [0.2, 0.25) is 0 Å². The molecule has 1 heterocycles. The lowest BCUT2D eigenvalue weighted by molar-refractivity contribution is -0.118. The molecule has 35 heavy (non-hydrogen) atoms. The monoisotopic (exact) mass is 514 g/mol. The number of anilines is 2. The number of carbonyl (C=O) groups excluding carboxylic acids is 2. The number of ketones is 1. The van der Waals surface area contributed by atoms with Crippen molar-refractivity contribution in [3.8, 4) is 5.75 Å². The topological polar surface area (TPSA) is 81.7 Å². The van der Waals surface area contributed by atoms with Crippen molar-refractivity contribution in [2.24, 2.45) is 0 Å². The van der Waals surface area contributed by atoms with Crippen molar-refractivity contribution in [3.05, 3.63) is 88.2 Å². The number of rotatable bonds is 7. The quantitative estimate of drug-likeness (QED) is 0.368. The van der Waals surface area contributed by atoms with Gasteiger partial charge in [-0.25, -0.2) is 4.39 Å². The van der Waals surface area contributed by atoms with Crippen LogP contribution in [0.25, 0.3) is 0 Å². The smallest absolute Gasteiger partial charge is 0.262 e. The Bertz CT molecular complexity index is 1230. The number of halogens is 2. The normalized spacial score (nSPS) is 14.0. The van der Waals surface area contributed by atoms with E-state index in [-0.39, 0.29) is 29.4 Å². The van der Waals surface area contributed by atoms with Gasteiger partial charge in [0.05, 0.1) is 18.7 Å². The summed E-state index contributed by atoms with van der Waals surface area (Å²) in [7, 11) is 0. The molecule has 0 bridgehead atoms. The molecule has 0 aliphatic carbocycles. The first kappa shape index (κ1) is 25.0. The highest BCUT2D eigenvalue weighted by Gasteiger charge is 2.20. The predicted molar refractivity (Wildman–Crippen MR) is 137 cm³/mol. The van der Waals surface area contributed by atoms with Crippen LogP contribution in [0, 0.1) is 12.7 Å². The minimum absolute atomic E-state index is 0.180. The first-order chi connectivity index (χ1) is 16.8. The Morgan fingerprint density at radius 3 is 2.49 bits per heavy atom. The molecule has 0 radical (unpaired) electrons. The van der Waals surface area contributed by atoms with Crippen molar-refractivity contribution in [1.29, 1.82) is 0 Å². The first-order valence-electron chi connectivity index (χ1n) is 11.0. The van der Waals surface area contributed by atoms with Crippen molar-refractivity contribution < 1.29 is 23.3 Å². The Morgan fingerprint density at radius 2 is 1.80 bits per heavy atom. The average molecular weight is 515 g/mol. The van der Waals surface area contributed by atoms with E-state index in [0.29, 0.717) is 22.2 Å². The Labute approximate surface area is 211 Å². The second-order valence-electron chi connectivity index (χ2n) is 8.15. The fourth-order valence-electron chi connectivity index (χ4n) is 3.77. The Kier molecular flexibility index (Phi) is 7.95. The van der Waals surface area contributed by atoms with Gasteiger partial charge in [-0.05, 0) is 73.2 Å². The molecule has 1 saturated heterocycles. The second-order valence-corrected chi connectivity index (χ2v) is 10.3. The van der Waals surface area contributed by atoms with Crippen molar-refractivity contribution in [1.82, 2.24) is 0 Å². The number of hydrogen-bond acceptors (Lipinski definition) is 5. The van der Waals surface area contributed by atoms with Gasteiger partial charge >= 0.3 is 0 Å². The summed E-state index contributed by atoms with van der Waals surface area (Å²) >= 11 is 5.33. The number of nitrogens with zero attached hydrogens (tertiary/aromatic N) is 1. The van der Waals surface area contributed by atoms with Gasteiger partial charge in [-0.2, -0.15) is 0 Å². The molecule has 1 aliphatic rings. The zero-order valence-electron chi connectivity index (χ0n) is 19.1. The summed E-state index contributed by atoms with van der Waals surface area (Å²) in [6.07, 6.45) is 0. The molecule has 182 valence electrons. The van der Waals surface area contributed by atoms with Crippen LogP contribution >= 0.6 is 11.6 Å². The van der Waals surface area contributed by atoms with E-state index in [4.69, 9.17) is 16.3 Å². The number of hydrogen-bond donors (Lipinski definition) is 1. The Balaban J connectivity index is 1.41. The van der Waals surface area contributed by atoms with Gasteiger partial charge in [-0.1, -0.05) is 22.8 Å². The number of benzene rings is 3. The van der Waals surface area contributed by atoms with Gasteiger partial charge in [0.15, 0.2) is 12.4 Å². The molecular formula is C26H24ClFN2O4S. The summed E-state index contributed by atoms with van der Waals surface area (Å²) in [5.41, 5.74) is 3.03. The maximum atomic E-state index is 13.2. The van der Waals surface area contributed by atoms with Crippen LogP contribution in [0.5, 0.6) is 5.75 Å². The van der Waals surface area contributed by atoms with Crippen molar-refractivity contribution >= 4 is 45.8 Å². The average Bonchev–Trinajstić information content (AvgIpc) is 2.85. The van der Waals surface area contributed by atoms with E-state index < -0.39 is 22.8 Å².